The molecule has 1 unspecified atom stereocenters. The van der Waals surface area contributed by atoms with Gasteiger partial charge in [-0.05, 0) is 32.0 Å². The number of rotatable bonds is 3. The van der Waals surface area contributed by atoms with Crippen LogP contribution in [-0.2, 0) is 15.2 Å². The van der Waals surface area contributed by atoms with Gasteiger partial charge in [-0.25, -0.2) is 9.79 Å². The summed E-state index contributed by atoms with van der Waals surface area (Å²) in [6.45, 7) is 3.68. The molecule has 3 aromatic rings. The number of benzene rings is 2. The number of aromatic nitrogens is 3. The number of esters is 1. The van der Waals surface area contributed by atoms with Crippen LogP contribution in [0.2, 0.25) is 5.02 Å². The van der Waals surface area contributed by atoms with Crippen LogP contribution < -0.4 is 5.73 Å². The van der Waals surface area contributed by atoms with Crippen molar-refractivity contribution in [2.45, 2.75) is 19.5 Å². The summed E-state index contributed by atoms with van der Waals surface area (Å²) in [6.07, 6.45) is 0. The summed E-state index contributed by atoms with van der Waals surface area (Å²) in [5.74, 6) is 0.108. The number of halogens is 1. The molecule has 1 aliphatic heterocycles. The van der Waals surface area contributed by atoms with E-state index in [1.807, 2.05) is 36.4 Å². The number of hydrogen-bond acceptors (Lipinski definition) is 6. The van der Waals surface area contributed by atoms with E-state index >= 15 is 0 Å². The van der Waals surface area contributed by atoms with Crippen LogP contribution in [0.4, 0.5) is 0 Å². The summed E-state index contributed by atoms with van der Waals surface area (Å²) in [7, 11) is 0. The molecule has 0 spiro atoms. The fourth-order valence-electron chi connectivity index (χ4n) is 3.26. The van der Waals surface area contributed by atoms with Gasteiger partial charge in [0.15, 0.2) is 5.82 Å². The third-order valence-corrected chi connectivity index (χ3v) is 4.81. The van der Waals surface area contributed by atoms with Crippen molar-refractivity contribution in [3.8, 4) is 5.69 Å². The third kappa shape index (κ3) is 2.80. The van der Waals surface area contributed by atoms with Crippen molar-refractivity contribution in [1.29, 1.82) is 0 Å². The van der Waals surface area contributed by atoms with Crippen LogP contribution >= 0.6 is 11.6 Å². The zero-order valence-corrected chi connectivity index (χ0v) is 16.1. The summed E-state index contributed by atoms with van der Waals surface area (Å²) < 4.78 is 6.98. The SMILES string of the molecule is CCOC(=O)C1(N)N=C(c2ccc(Cl)cc2)c2ccccc2-n2c(C)nnc21. The van der Waals surface area contributed by atoms with Gasteiger partial charge in [-0.2, -0.15) is 0 Å². The molecule has 0 bridgehead atoms. The smallest absolute Gasteiger partial charge is 0.357 e. The first kappa shape index (κ1) is 18.3. The van der Waals surface area contributed by atoms with Crippen molar-refractivity contribution in [3.05, 3.63) is 76.3 Å². The maximum Gasteiger partial charge on any atom is 0.357 e. The normalized spacial score (nSPS) is 17.9. The van der Waals surface area contributed by atoms with Crippen LogP contribution in [0.15, 0.2) is 53.5 Å². The van der Waals surface area contributed by atoms with Crippen molar-refractivity contribution in [1.82, 2.24) is 14.8 Å². The number of ether oxygens (including phenoxy) is 1. The van der Waals surface area contributed by atoms with Gasteiger partial charge >= 0.3 is 5.97 Å². The van der Waals surface area contributed by atoms with E-state index in [-0.39, 0.29) is 12.4 Å². The summed E-state index contributed by atoms with van der Waals surface area (Å²) in [4.78, 5) is 17.5. The maximum absolute atomic E-state index is 12.9. The maximum atomic E-state index is 12.9. The van der Waals surface area contributed by atoms with Crippen LogP contribution in [0.25, 0.3) is 5.69 Å². The van der Waals surface area contributed by atoms with Gasteiger partial charge in [0.05, 0.1) is 18.0 Å². The Bertz CT molecular complexity index is 1090. The summed E-state index contributed by atoms with van der Waals surface area (Å²) in [5.41, 5.74) is 7.60. The molecule has 142 valence electrons. The standard InChI is InChI=1S/C20H18ClN5O2/c1-3-28-19(27)20(22)18-25-24-12(2)26(18)16-7-5-4-6-15(16)17(23-20)13-8-10-14(21)11-9-13/h4-11H,3,22H2,1-2H3. The molecular weight excluding hydrogens is 378 g/mol. The molecule has 1 atom stereocenters. The number of carbonyl (C=O) groups is 1. The second-order valence-electron chi connectivity index (χ2n) is 6.38. The van der Waals surface area contributed by atoms with Crippen LogP contribution in [0, 0.1) is 6.92 Å². The van der Waals surface area contributed by atoms with Crippen molar-refractivity contribution in [2.75, 3.05) is 6.61 Å². The van der Waals surface area contributed by atoms with E-state index < -0.39 is 11.6 Å². The molecule has 2 aromatic carbocycles. The van der Waals surface area contributed by atoms with Gasteiger partial charge < -0.3 is 4.74 Å². The van der Waals surface area contributed by atoms with Gasteiger partial charge in [0.1, 0.15) is 5.82 Å². The number of nitrogens with zero attached hydrogens (tertiary/aromatic N) is 4. The lowest BCUT2D eigenvalue weighted by Gasteiger charge is -2.21. The van der Waals surface area contributed by atoms with Crippen molar-refractivity contribution >= 4 is 23.3 Å². The van der Waals surface area contributed by atoms with Gasteiger partial charge in [-0.1, -0.05) is 41.9 Å². The molecule has 0 saturated carbocycles. The topological polar surface area (TPSA) is 95.4 Å². The number of hydrogen-bond donors (Lipinski definition) is 1. The highest BCUT2D eigenvalue weighted by atomic mass is 35.5. The van der Waals surface area contributed by atoms with Gasteiger partial charge in [0, 0.05) is 16.1 Å². The molecule has 28 heavy (non-hydrogen) atoms. The Morgan fingerprint density at radius 2 is 1.89 bits per heavy atom. The lowest BCUT2D eigenvalue weighted by molar-refractivity contribution is -0.150. The minimum Gasteiger partial charge on any atom is -0.463 e. The predicted molar refractivity (Wildman–Crippen MR) is 106 cm³/mol. The molecule has 0 amide bonds. The number of aryl methyl sites for hydroxylation is 1. The third-order valence-electron chi connectivity index (χ3n) is 4.56. The molecule has 1 aliphatic rings. The van der Waals surface area contributed by atoms with E-state index in [1.165, 1.54) is 0 Å². The Kier molecular flexibility index (Phi) is 4.49. The molecule has 0 radical (unpaired) electrons. The van der Waals surface area contributed by atoms with Crippen LogP contribution in [0.1, 0.15) is 29.7 Å². The molecule has 1 aromatic heterocycles. The van der Waals surface area contributed by atoms with Gasteiger partial charge in [0.25, 0.3) is 5.66 Å². The number of carbonyl (C=O) groups excluding carboxylic acids is 1. The van der Waals surface area contributed by atoms with Gasteiger partial charge in [-0.3, -0.25) is 10.3 Å². The van der Waals surface area contributed by atoms with E-state index in [2.05, 4.69) is 15.2 Å². The van der Waals surface area contributed by atoms with E-state index in [0.717, 1.165) is 16.8 Å². The molecule has 0 saturated heterocycles. The highest BCUT2D eigenvalue weighted by Crippen LogP contribution is 2.32. The summed E-state index contributed by atoms with van der Waals surface area (Å²) >= 11 is 6.05. The number of nitrogens with two attached hydrogens (primary N) is 1. The molecule has 2 heterocycles. The minimum atomic E-state index is -1.84. The Balaban J connectivity index is 2.06. The van der Waals surface area contributed by atoms with Crippen molar-refractivity contribution < 1.29 is 9.53 Å². The molecule has 0 fully saturated rings. The number of para-hydroxylation sites is 1. The lowest BCUT2D eigenvalue weighted by Crippen LogP contribution is -2.46. The first-order valence-corrected chi connectivity index (χ1v) is 9.17. The zero-order chi connectivity index (χ0) is 19.9. The second kappa shape index (κ2) is 6.85. The summed E-state index contributed by atoms with van der Waals surface area (Å²) in [6, 6.07) is 14.8. The predicted octanol–water partition coefficient (Wildman–Crippen LogP) is 2.75. The molecule has 0 aliphatic carbocycles. The van der Waals surface area contributed by atoms with Crippen molar-refractivity contribution in [3.63, 3.8) is 0 Å². The Labute approximate surface area is 166 Å². The fraction of sp³-hybridized carbons (Fsp3) is 0.200. The first-order valence-electron chi connectivity index (χ1n) is 8.80. The monoisotopic (exact) mass is 395 g/mol. The molecule has 2 N–H and O–H groups in total. The van der Waals surface area contributed by atoms with Crippen LogP contribution in [0.3, 0.4) is 0 Å². The van der Waals surface area contributed by atoms with Gasteiger partial charge in [-0.15, -0.1) is 10.2 Å². The van der Waals surface area contributed by atoms with Crippen LogP contribution in [-0.4, -0.2) is 33.1 Å². The summed E-state index contributed by atoms with van der Waals surface area (Å²) in [5, 5.41) is 8.90. The van der Waals surface area contributed by atoms with E-state index in [1.54, 1.807) is 30.5 Å². The molecule has 4 rings (SSSR count). The number of aliphatic imine (C=N–C) groups is 1. The van der Waals surface area contributed by atoms with E-state index in [4.69, 9.17) is 22.1 Å². The Morgan fingerprint density at radius 3 is 2.61 bits per heavy atom. The Hall–Kier alpha value is -3.03. The first-order chi connectivity index (χ1) is 13.5. The lowest BCUT2D eigenvalue weighted by atomic mass is 10.00. The Morgan fingerprint density at radius 1 is 1.18 bits per heavy atom. The van der Waals surface area contributed by atoms with E-state index in [9.17, 15) is 4.79 Å². The highest BCUT2D eigenvalue weighted by Gasteiger charge is 2.45. The average Bonchev–Trinajstić information content (AvgIpc) is 3.03. The fourth-order valence-corrected chi connectivity index (χ4v) is 3.38. The van der Waals surface area contributed by atoms with Crippen LogP contribution in [0.5, 0.6) is 0 Å². The molecule has 7 nitrogen and oxygen atoms in total. The molecular formula is C20H18ClN5O2. The quantitative estimate of drug-likeness (QED) is 0.688. The number of fused-ring (bicyclic) bond motifs is 3. The van der Waals surface area contributed by atoms with Gasteiger partial charge in [0.2, 0.25) is 0 Å². The largest absolute Gasteiger partial charge is 0.463 e. The zero-order valence-electron chi connectivity index (χ0n) is 15.4. The van der Waals surface area contributed by atoms with Crippen molar-refractivity contribution in [2.24, 2.45) is 10.7 Å². The minimum absolute atomic E-state index is 0.170. The van der Waals surface area contributed by atoms with E-state index in [0.29, 0.717) is 16.6 Å². The molecule has 8 heteroatoms. The second-order valence-corrected chi connectivity index (χ2v) is 6.81. The average molecular weight is 396 g/mol. The highest BCUT2D eigenvalue weighted by molar-refractivity contribution is 6.30.